The minimum Gasteiger partial charge on any atom is -0.478 e. The van der Waals surface area contributed by atoms with Crippen LogP contribution in [0, 0.1) is 0 Å². The highest BCUT2D eigenvalue weighted by atomic mass is 32.2. The van der Waals surface area contributed by atoms with Gasteiger partial charge in [0.1, 0.15) is 6.33 Å². The zero-order valence-corrected chi connectivity index (χ0v) is 10.2. The Morgan fingerprint density at radius 2 is 2.28 bits per heavy atom. The first-order valence-electron chi connectivity index (χ1n) is 5.23. The number of carbonyl (C=O) groups is 1. The molecule has 0 amide bonds. The van der Waals surface area contributed by atoms with E-state index in [2.05, 4.69) is 15.2 Å². The quantitative estimate of drug-likeness (QED) is 0.637. The Hall–Kier alpha value is -2.08. The van der Waals surface area contributed by atoms with Crippen LogP contribution in [-0.4, -0.2) is 26.3 Å². The van der Waals surface area contributed by atoms with Crippen molar-refractivity contribution < 1.29 is 9.90 Å². The Balaban J connectivity index is 2.09. The molecule has 1 aromatic carbocycles. The molecule has 1 heterocycles. The first-order chi connectivity index (χ1) is 8.75. The Morgan fingerprint density at radius 3 is 3.00 bits per heavy atom. The fourth-order valence-corrected chi connectivity index (χ4v) is 2.19. The molecule has 0 bridgehead atoms. The second kappa shape index (κ2) is 6.02. The number of carboxylic acids is 1. The summed E-state index contributed by atoms with van der Waals surface area (Å²) in [5.41, 5.74) is 1.95. The first kappa shape index (κ1) is 12.4. The van der Waals surface area contributed by atoms with E-state index >= 15 is 0 Å². The van der Waals surface area contributed by atoms with Crippen molar-refractivity contribution in [3.8, 4) is 0 Å². The number of aromatic nitrogens is 3. The van der Waals surface area contributed by atoms with Crippen LogP contribution >= 0.6 is 11.8 Å². The largest absolute Gasteiger partial charge is 0.478 e. The zero-order chi connectivity index (χ0) is 12.8. The number of carboxylic acid groups (broad SMARTS) is 1. The second-order valence-corrected chi connectivity index (χ2v) is 4.41. The van der Waals surface area contributed by atoms with Crippen molar-refractivity contribution in [2.24, 2.45) is 0 Å². The molecule has 0 aliphatic heterocycles. The van der Waals surface area contributed by atoms with Gasteiger partial charge in [0.05, 0.1) is 0 Å². The standard InChI is InChI=1S/C12H11N3O2S/c16-11(17)6-5-9-3-1-2-4-10(9)7-18-12-13-8-14-15-12/h1-6,8H,7H2,(H,16,17)(H,13,14,15)/b6-5+. The van der Waals surface area contributed by atoms with Crippen LogP contribution in [-0.2, 0) is 10.5 Å². The molecule has 0 aliphatic rings. The maximum absolute atomic E-state index is 10.5. The van der Waals surface area contributed by atoms with Gasteiger partial charge in [-0.3, -0.25) is 5.10 Å². The summed E-state index contributed by atoms with van der Waals surface area (Å²) in [6.45, 7) is 0. The molecule has 2 rings (SSSR count). The van der Waals surface area contributed by atoms with Crippen molar-refractivity contribution in [3.05, 3.63) is 47.8 Å². The molecule has 0 saturated heterocycles. The number of hydrogen-bond donors (Lipinski definition) is 2. The van der Waals surface area contributed by atoms with Crippen LogP contribution in [0.25, 0.3) is 6.08 Å². The highest BCUT2D eigenvalue weighted by Crippen LogP contribution is 2.21. The number of thioether (sulfide) groups is 1. The molecule has 2 N–H and O–H groups in total. The van der Waals surface area contributed by atoms with Gasteiger partial charge < -0.3 is 5.11 Å². The van der Waals surface area contributed by atoms with E-state index in [9.17, 15) is 4.79 Å². The Kier molecular flexibility index (Phi) is 4.14. The number of hydrogen-bond acceptors (Lipinski definition) is 4. The van der Waals surface area contributed by atoms with Gasteiger partial charge in [-0.15, -0.1) is 0 Å². The molecule has 92 valence electrons. The van der Waals surface area contributed by atoms with Gasteiger partial charge in [0.2, 0.25) is 0 Å². The molecule has 0 radical (unpaired) electrons. The Bertz CT molecular complexity index is 552. The summed E-state index contributed by atoms with van der Waals surface area (Å²) in [5.74, 6) is -0.248. The maximum atomic E-state index is 10.5. The van der Waals surface area contributed by atoms with Gasteiger partial charge in [0.25, 0.3) is 0 Å². The number of nitrogens with one attached hydrogen (secondary N) is 1. The van der Waals surface area contributed by atoms with Crippen LogP contribution < -0.4 is 0 Å². The van der Waals surface area contributed by atoms with Crippen LogP contribution in [0.2, 0.25) is 0 Å². The lowest BCUT2D eigenvalue weighted by Crippen LogP contribution is -1.89. The topological polar surface area (TPSA) is 78.9 Å². The van der Waals surface area contributed by atoms with E-state index in [1.165, 1.54) is 18.1 Å². The maximum Gasteiger partial charge on any atom is 0.328 e. The Labute approximate surface area is 108 Å². The van der Waals surface area contributed by atoms with Crippen molar-refractivity contribution in [1.82, 2.24) is 15.2 Å². The van der Waals surface area contributed by atoms with Crippen molar-refractivity contribution in [3.63, 3.8) is 0 Å². The Morgan fingerprint density at radius 1 is 1.44 bits per heavy atom. The minimum atomic E-state index is -0.951. The summed E-state index contributed by atoms with van der Waals surface area (Å²) in [5, 5.41) is 15.9. The van der Waals surface area contributed by atoms with Crippen molar-refractivity contribution in [2.75, 3.05) is 0 Å². The van der Waals surface area contributed by atoms with E-state index in [0.717, 1.165) is 22.4 Å². The molecule has 18 heavy (non-hydrogen) atoms. The lowest BCUT2D eigenvalue weighted by molar-refractivity contribution is -0.131. The number of rotatable bonds is 5. The van der Waals surface area contributed by atoms with Gasteiger partial charge in [-0.2, -0.15) is 5.10 Å². The number of benzene rings is 1. The summed E-state index contributed by atoms with van der Waals surface area (Å²) in [6.07, 6.45) is 4.19. The minimum absolute atomic E-state index is 0.704. The van der Waals surface area contributed by atoms with Gasteiger partial charge in [0, 0.05) is 11.8 Å². The van der Waals surface area contributed by atoms with Gasteiger partial charge in [-0.1, -0.05) is 36.0 Å². The summed E-state index contributed by atoms with van der Waals surface area (Å²) in [4.78, 5) is 14.5. The lowest BCUT2D eigenvalue weighted by Gasteiger charge is -2.03. The molecule has 6 heteroatoms. The zero-order valence-electron chi connectivity index (χ0n) is 9.41. The monoisotopic (exact) mass is 261 g/mol. The number of nitrogens with zero attached hydrogens (tertiary/aromatic N) is 2. The molecule has 0 saturated carbocycles. The number of aliphatic carboxylic acids is 1. The third kappa shape index (κ3) is 3.46. The molecule has 0 fully saturated rings. The highest BCUT2D eigenvalue weighted by Gasteiger charge is 2.02. The molecule has 0 aliphatic carbocycles. The summed E-state index contributed by atoms with van der Waals surface area (Å²) in [6, 6.07) is 7.65. The van der Waals surface area contributed by atoms with Gasteiger partial charge in [-0.25, -0.2) is 9.78 Å². The van der Waals surface area contributed by atoms with E-state index < -0.39 is 5.97 Å². The summed E-state index contributed by atoms with van der Waals surface area (Å²) >= 11 is 1.52. The van der Waals surface area contributed by atoms with Gasteiger partial charge in [-0.05, 0) is 17.2 Å². The summed E-state index contributed by atoms with van der Waals surface area (Å²) < 4.78 is 0. The van der Waals surface area contributed by atoms with Gasteiger partial charge in [0.15, 0.2) is 5.16 Å². The molecule has 2 aromatic rings. The third-order valence-electron chi connectivity index (χ3n) is 2.22. The van der Waals surface area contributed by atoms with E-state index in [4.69, 9.17) is 5.11 Å². The predicted molar refractivity (Wildman–Crippen MR) is 69.1 cm³/mol. The van der Waals surface area contributed by atoms with Crippen LogP contribution in [0.3, 0.4) is 0 Å². The van der Waals surface area contributed by atoms with Crippen LogP contribution in [0.1, 0.15) is 11.1 Å². The normalized spacial score (nSPS) is 10.9. The predicted octanol–water partition coefficient (Wildman–Crippen LogP) is 2.19. The molecule has 0 unspecified atom stereocenters. The molecular weight excluding hydrogens is 250 g/mol. The SMILES string of the molecule is O=C(O)/C=C/c1ccccc1CSc1ncn[nH]1. The summed E-state index contributed by atoms with van der Waals surface area (Å²) in [7, 11) is 0. The number of H-pyrrole nitrogens is 1. The lowest BCUT2D eigenvalue weighted by atomic mass is 10.1. The van der Waals surface area contributed by atoms with Crippen LogP contribution in [0.5, 0.6) is 0 Å². The molecular formula is C12H11N3O2S. The van der Waals surface area contributed by atoms with Crippen LogP contribution in [0.4, 0.5) is 0 Å². The van der Waals surface area contributed by atoms with Crippen LogP contribution in [0.15, 0.2) is 41.8 Å². The first-order valence-corrected chi connectivity index (χ1v) is 6.21. The average Bonchev–Trinajstić information content (AvgIpc) is 2.88. The van der Waals surface area contributed by atoms with Crippen molar-refractivity contribution >= 4 is 23.8 Å². The van der Waals surface area contributed by atoms with E-state index in [1.54, 1.807) is 6.08 Å². The fraction of sp³-hybridized carbons (Fsp3) is 0.0833. The van der Waals surface area contributed by atoms with E-state index in [-0.39, 0.29) is 0 Å². The average molecular weight is 261 g/mol. The second-order valence-electron chi connectivity index (χ2n) is 3.45. The van der Waals surface area contributed by atoms with E-state index in [1.807, 2.05) is 24.3 Å². The molecule has 5 nitrogen and oxygen atoms in total. The van der Waals surface area contributed by atoms with E-state index in [0.29, 0.717) is 5.75 Å². The smallest absolute Gasteiger partial charge is 0.328 e. The van der Waals surface area contributed by atoms with Crippen molar-refractivity contribution in [1.29, 1.82) is 0 Å². The fourth-order valence-electron chi connectivity index (χ4n) is 1.40. The van der Waals surface area contributed by atoms with Gasteiger partial charge >= 0.3 is 5.97 Å². The third-order valence-corrected chi connectivity index (χ3v) is 3.14. The highest BCUT2D eigenvalue weighted by molar-refractivity contribution is 7.98. The molecule has 0 spiro atoms. The molecule has 0 atom stereocenters. The van der Waals surface area contributed by atoms with Crippen molar-refractivity contribution in [2.45, 2.75) is 10.9 Å². The number of aromatic amines is 1. The molecule has 1 aromatic heterocycles.